The van der Waals surface area contributed by atoms with Crippen molar-refractivity contribution in [1.29, 1.82) is 0 Å². The smallest absolute Gasteiger partial charge is 0.306 e. The highest BCUT2D eigenvalue weighted by molar-refractivity contribution is 5.77. The lowest BCUT2D eigenvalue weighted by molar-refractivity contribution is -0.151. The third kappa shape index (κ3) is 39.9. The monoisotopic (exact) mass is 796 g/mol. The predicted molar refractivity (Wildman–Crippen MR) is 245 cm³/mol. The summed E-state index contributed by atoms with van der Waals surface area (Å²) in [7, 11) is 0. The normalized spacial score (nSPS) is 14.0. The zero-order chi connectivity index (χ0) is 41.7. The Bertz CT molecular complexity index is 1070. The predicted octanol–water partition coefficient (Wildman–Crippen LogP) is 13.8. The van der Waals surface area contributed by atoms with E-state index in [2.05, 4.69) is 99.0 Å². The number of ether oxygens (including phenoxy) is 1. The molecule has 6 nitrogen and oxygen atoms in total. The molecule has 0 aromatic heterocycles. The SMILES string of the molecule is CC/C=C/C/C=C/C/C=C/C/C=C/CCCCCC(=O)OC(CCCCCC/C=C/C=C/CCCCC)CC(=O)NC(CO)C(O)CCCCCCCCCCC. The average Bonchev–Trinajstić information content (AvgIpc) is 3.20. The van der Waals surface area contributed by atoms with Crippen LogP contribution < -0.4 is 5.32 Å². The summed E-state index contributed by atoms with van der Waals surface area (Å²) in [6.45, 7) is 6.29. The minimum Gasteiger partial charge on any atom is -0.462 e. The maximum Gasteiger partial charge on any atom is 0.306 e. The summed E-state index contributed by atoms with van der Waals surface area (Å²) in [5.41, 5.74) is 0. The number of amides is 1. The fourth-order valence-electron chi connectivity index (χ4n) is 6.70. The Morgan fingerprint density at radius 1 is 0.544 bits per heavy atom. The number of aliphatic hydroxyl groups excluding tert-OH is 2. The summed E-state index contributed by atoms with van der Waals surface area (Å²) in [6.07, 6.45) is 55.3. The van der Waals surface area contributed by atoms with Crippen molar-refractivity contribution in [2.24, 2.45) is 0 Å². The van der Waals surface area contributed by atoms with E-state index in [0.717, 1.165) is 109 Å². The van der Waals surface area contributed by atoms with Gasteiger partial charge in [0.2, 0.25) is 5.91 Å². The summed E-state index contributed by atoms with van der Waals surface area (Å²) < 4.78 is 5.89. The van der Waals surface area contributed by atoms with Crippen molar-refractivity contribution in [2.45, 2.75) is 232 Å². The number of aliphatic hydroxyl groups is 2. The molecular weight excluding hydrogens is 707 g/mol. The zero-order valence-corrected chi connectivity index (χ0v) is 37.2. The number of esters is 1. The van der Waals surface area contributed by atoms with E-state index in [9.17, 15) is 19.8 Å². The first-order valence-corrected chi connectivity index (χ1v) is 23.7. The van der Waals surface area contributed by atoms with Crippen LogP contribution in [0.3, 0.4) is 0 Å². The van der Waals surface area contributed by atoms with E-state index in [1.54, 1.807) is 0 Å². The molecule has 0 radical (unpaired) electrons. The van der Waals surface area contributed by atoms with Crippen molar-refractivity contribution < 1.29 is 24.5 Å². The van der Waals surface area contributed by atoms with Crippen LogP contribution in [0.4, 0.5) is 0 Å². The Morgan fingerprint density at radius 3 is 1.58 bits per heavy atom. The van der Waals surface area contributed by atoms with E-state index in [4.69, 9.17) is 4.74 Å². The molecule has 0 spiro atoms. The second-order valence-electron chi connectivity index (χ2n) is 15.8. The van der Waals surface area contributed by atoms with Crippen molar-refractivity contribution >= 4 is 11.9 Å². The molecule has 3 atom stereocenters. The second-order valence-corrected chi connectivity index (χ2v) is 15.8. The third-order valence-corrected chi connectivity index (χ3v) is 10.3. The van der Waals surface area contributed by atoms with Gasteiger partial charge in [0.05, 0.1) is 25.2 Å². The quantitative estimate of drug-likeness (QED) is 0.0248. The summed E-state index contributed by atoms with van der Waals surface area (Å²) in [4.78, 5) is 26.0. The van der Waals surface area contributed by atoms with Crippen LogP contribution in [0.15, 0.2) is 72.9 Å². The van der Waals surface area contributed by atoms with E-state index in [-0.39, 0.29) is 24.9 Å². The van der Waals surface area contributed by atoms with Gasteiger partial charge in [-0.25, -0.2) is 0 Å². The Hall–Kier alpha value is -2.70. The molecule has 0 bridgehead atoms. The van der Waals surface area contributed by atoms with Gasteiger partial charge in [0.15, 0.2) is 0 Å². The van der Waals surface area contributed by atoms with Gasteiger partial charge in [0.1, 0.15) is 6.10 Å². The third-order valence-electron chi connectivity index (χ3n) is 10.3. The van der Waals surface area contributed by atoms with E-state index >= 15 is 0 Å². The standard InChI is InChI=1S/C51H89NO5/c1-4-7-10-13-16-19-21-23-24-25-27-29-32-35-38-41-44-51(56)57-47(42-39-36-33-31-28-26-22-20-17-14-11-8-5-2)45-50(55)52-48(46-53)49(54)43-40-37-34-30-18-15-12-9-6-3/h7,10,16-17,19-20,22-24,26-27,29,47-49,53-54H,4-6,8-9,11-15,18,21,25,28,30-46H2,1-3H3,(H,52,55)/b10-7+,19-16+,20-17+,24-23+,26-22+,29-27+. The number of unbranched alkanes of at least 4 members (excludes halogenated alkanes) is 18. The molecule has 328 valence electrons. The summed E-state index contributed by atoms with van der Waals surface area (Å²) in [6, 6.07) is -0.715. The molecule has 3 N–H and O–H groups in total. The number of carbonyl (C=O) groups is 2. The molecule has 57 heavy (non-hydrogen) atoms. The maximum atomic E-state index is 13.1. The summed E-state index contributed by atoms with van der Waals surface area (Å²) in [5.74, 6) is -0.537. The molecule has 0 fully saturated rings. The molecule has 0 aromatic rings. The number of nitrogens with one attached hydrogen (secondary N) is 1. The van der Waals surface area contributed by atoms with Gasteiger partial charge in [-0.15, -0.1) is 0 Å². The summed E-state index contributed by atoms with van der Waals surface area (Å²) >= 11 is 0. The molecule has 0 heterocycles. The van der Waals surface area contributed by atoms with Crippen LogP contribution in [-0.4, -0.2) is 46.9 Å². The number of hydrogen-bond acceptors (Lipinski definition) is 5. The lowest BCUT2D eigenvalue weighted by Crippen LogP contribution is -2.46. The number of rotatable bonds is 41. The first kappa shape index (κ1) is 54.3. The van der Waals surface area contributed by atoms with Crippen molar-refractivity contribution in [1.82, 2.24) is 5.32 Å². The molecule has 0 saturated heterocycles. The van der Waals surface area contributed by atoms with Crippen LogP contribution in [0, 0.1) is 0 Å². The molecule has 1 amide bonds. The number of carbonyl (C=O) groups excluding carboxylic acids is 2. The second kappa shape index (κ2) is 44.4. The van der Waals surface area contributed by atoms with E-state index in [1.165, 1.54) is 57.8 Å². The first-order chi connectivity index (χ1) is 28.0. The maximum absolute atomic E-state index is 13.1. The lowest BCUT2D eigenvalue weighted by Gasteiger charge is -2.24. The van der Waals surface area contributed by atoms with Crippen LogP contribution >= 0.6 is 0 Å². The van der Waals surface area contributed by atoms with Crippen molar-refractivity contribution in [3.8, 4) is 0 Å². The zero-order valence-electron chi connectivity index (χ0n) is 37.2. The lowest BCUT2D eigenvalue weighted by atomic mass is 10.0. The highest BCUT2D eigenvalue weighted by Crippen LogP contribution is 2.17. The van der Waals surface area contributed by atoms with Gasteiger partial charge in [0, 0.05) is 6.42 Å². The van der Waals surface area contributed by atoms with Crippen LogP contribution in [-0.2, 0) is 14.3 Å². The Kier molecular flexibility index (Phi) is 42.3. The molecule has 0 saturated carbocycles. The molecule has 0 rings (SSSR count). The highest BCUT2D eigenvalue weighted by Gasteiger charge is 2.24. The van der Waals surface area contributed by atoms with Crippen LogP contribution in [0.25, 0.3) is 0 Å². The topological polar surface area (TPSA) is 95.9 Å². The molecule has 6 heteroatoms. The molecular formula is C51H89NO5. The van der Waals surface area contributed by atoms with Gasteiger partial charge in [-0.3, -0.25) is 9.59 Å². The Labute approximate surface area is 351 Å². The van der Waals surface area contributed by atoms with Gasteiger partial charge < -0.3 is 20.3 Å². The molecule has 0 aromatic carbocycles. The van der Waals surface area contributed by atoms with Gasteiger partial charge in [0.25, 0.3) is 0 Å². The molecule has 0 aliphatic heterocycles. The van der Waals surface area contributed by atoms with Gasteiger partial charge in [-0.05, 0) is 89.9 Å². The molecule has 3 unspecified atom stereocenters. The molecule has 0 aliphatic carbocycles. The number of allylic oxidation sites excluding steroid dienone is 12. The fraction of sp³-hybridized carbons (Fsp3) is 0.725. The number of hydrogen-bond donors (Lipinski definition) is 3. The largest absolute Gasteiger partial charge is 0.462 e. The summed E-state index contributed by atoms with van der Waals surface area (Å²) in [5, 5.41) is 23.6. The van der Waals surface area contributed by atoms with Gasteiger partial charge in [-0.1, -0.05) is 184 Å². The van der Waals surface area contributed by atoms with Crippen LogP contribution in [0.1, 0.15) is 213 Å². The van der Waals surface area contributed by atoms with Crippen LogP contribution in [0.2, 0.25) is 0 Å². The first-order valence-electron chi connectivity index (χ1n) is 23.7. The Morgan fingerprint density at radius 2 is 1.00 bits per heavy atom. The highest BCUT2D eigenvalue weighted by atomic mass is 16.5. The Balaban J connectivity index is 4.69. The van der Waals surface area contributed by atoms with Gasteiger partial charge >= 0.3 is 5.97 Å². The van der Waals surface area contributed by atoms with Crippen molar-refractivity contribution in [3.05, 3.63) is 72.9 Å². The van der Waals surface area contributed by atoms with Crippen molar-refractivity contribution in [3.63, 3.8) is 0 Å². The minimum absolute atomic E-state index is 0.0478. The van der Waals surface area contributed by atoms with Crippen LogP contribution in [0.5, 0.6) is 0 Å². The molecule has 0 aliphatic rings. The average molecular weight is 796 g/mol. The van der Waals surface area contributed by atoms with E-state index < -0.39 is 18.2 Å². The van der Waals surface area contributed by atoms with E-state index in [1.807, 2.05) is 0 Å². The van der Waals surface area contributed by atoms with E-state index in [0.29, 0.717) is 19.3 Å². The van der Waals surface area contributed by atoms with Gasteiger partial charge in [-0.2, -0.15) is 0 Å². The fourth-order valence-corrected chi connectivity index (χ4v) is 6.70. The van der Waals surface area contributed by atoms with Crippen molar-refractivity contribution in [2.75, 3.05) is 6.61 Å². The minimum atomic E-state index is -0.799.